The van der Waals surface area contributed by atoms with Crippen LogP contribution in [-0.4, -0.2) is 56.1 Å². The maximum atomic E-state index is 12.8. The molecule has 6 nitrogen and oxygen atoms in total. The largest absolute Gasteiger partial charge is 0.379 e. The number of anilines is 1. The molecule has 25 heavy (non-hydrogen) atoms. The van der Waals surface area contributed by atoms with Crippen LogP contribution < -0.4 is 10.2 Å². The van der Waals surface area contributed by atoms with Crippen molar-refractivity contribution in [2.45, 2.75) is 26.3 Å². The first-order chi connectivity index (χ1) is 11.6. The Kier molecular flexibility index (Phi) is 6.81. The smallest absolute Gasteiger partial charge is 0.254 e. The van der Waals surface area contributed by atoms with E-state index in [1.165, 1.54) is 12.5 Å². The molecule has 1 saturated heterocycles. The number of hydrogen-bond donors (Lipinski definition) is 1. The summed E-state index contributed by atoms with van der Waals surface area (Å²) >= 11 is 0. The summed E-state index contributed by atoms with van der Waals surface area (Å²) in [6.45, 7) is 8.29. The predicted molar refractivity (Wildman–Crippen MR) is 99.2 cm³/mol. The van der Waals surface area contributed by atoms with Crippen LogP contribution in [0.4, 0.5) is 5.69 Å². The van der Waals surface area contributed by atoms with Crippen molar-refractivity contribution >= 4 is 29.9 Å². The SMILES string of the molecule is CCc1ccc2c(c1)C(NC(C)=O)C(=O)N2CCN1CCOCC1.Cl. The van der Waals surface area contributed by atoms with Crippen LogP contribution in [0.15, 0.2) is 18.2 Å². The highest BCUT2D eigenvalue weighted by molar-refractivity contribution is 6.06. The Bertz CT molecular complexity index is 632. The third-order valence-electron chi connectivity index (χ3n) is 4.71. The lowest BCUT2D eigenvalue weighted by Crippen LogP contribution is -2.43. The first-order valence-electron chi connectivity index (χ1n) is 8.61. The first kappa shape index (κ1) is 19.7. The van der Waals surface area contributed by atoms with Crippen molar-refractivity contribution in [2.75, 3.05) is 44.3 Å². The Hall–Kier alpha value is -1.63. The number of hydrogen-bond acceptors (Lipinski definition) is 4. The van der Waals surface area contributed by atoms with E-state index in [9.17, 15) is 9.59 Å². The molecule has 2 amide bonds. The average molecular weight is 368 g/mol. The molecule has 2 heterocycles. The number of benzene rings is 1. The van der Waals surface area contributed by atoms with E-state index in [-0.39, 0.29) is 24.2 Å². The Morgan fingerprint density at radius 3 is 2.64 bits per heavy atom. The number of rotatable bonds is 5. The topological polar surface area (TPSA) is 61.9 Å². The maximum absolute atomic E-state index is 12.8. The number of halogens is 1. The number of nitrogens with zero attached hydrogens (tertiary/aromatic N) is 2. The number of amides is 2. The highest BCUT2D eigenvalue weighted by Gasteiger charge is 2.37. The summed E-state index contributed by atoms with van der Waals surface area (Å²) in [7, 11) is 0. The molecule has 0 aromatic heterocycles. The molecule has 1 aromatic rings. The number of nitrogens with one attached hydrogen (secondary N) is 1. The molecule has 138 valence electrons. The second-order valence-corrected chi connectivity index (χ2v) is 6.32. The fourth-order valence-electron chi connectivity index (χ4n) is 3.35. The standard InChI is InChI=1S/C18H25N3O3.ClH/c1-3-14-4-5-16-15(12-14)17(19-13(2)22)18(23)21(16)7-6-20-8-10-24-11-9-20;/h4-5,12,17H,3,6-11H2,1-2H3,(H,19,22);1H. The van der Waals surface area contributed by atoms with Crippen LogP contribution in [-0.2, 0) is 20.7 Å². The van der Waals surface area contributed by atoms with E-state index in [2.05, 4.69) is 23.2 Å². The van der Waals surface area contributed by atoms with Crippen molar-refractivity contribution < 1.29 is 14.3 Å². The highest BCUT2D eigenvalue weighted by atomic mass is 35.5. The van der Waals surface area contributed by atoms with Crippen LogP contribution >= 0.6 is 12.4 Å². The number of carbonyl (C=O) groups excluding carboxylic acids is 2. The van der Waals surface area contributed by atoms with E-state index >= 15 is 0 Å². The van der Waals surface area contributed by atoms with Crippen LogP contribution in [0.3, 0.4) is 0 Å². The van der Waals surface area contributed by atoms with Gasteiger partial charge in [-0.3, -0.25) is 14.5 Å². The minimum absolute atomic E-state index is 0. The van der Waals surface area contributed by atoms with Gasteiger partial charge in [0.05, 0.1) is 13.2 Å². The van der Waals surface area contributed by atoms with Gasteiger partial charge >= 0.3 is 0 Å². The number of fused-ring (bicyclic) bond motifs is 1. The Morgan fingerprint density at radius 1 is 1.28 bits per heavy atom. The molecule has 0 bridgehead atoms. The minimum atomic E-state index is -0.561. The van der Waals surface area contributed by atoms with Gasteiger partial charge in [0.2, 0.25) is 5.91 Å². The molecule has 1 fully saturated rings. The highest BCUT2D eigenvalue weighted by Crippen LogP contribution is 2.36. The molecule has 0 spiro atoms. The minimum Gasteiger partial charge on any atom is -0.379 e. The van der Waals surface area contributed by atoms with Crippen LogP contribution in [0.2, 0.25) is 0 Å². The van der Waals surface area contributed by atoms with Crippen molar-refractivity contribution in [3.8, 4) is 0 Å². The number of aryl methyl sites for hydroxylation is 1. The molecular formula is C18H26ClN3O3. The average Bonchev–Trinajstić information content (AvgIpc) is 2.85. The van der Waals surface area contributed by atoms with Crippen LogP contribution in [0.5, 0.6) is 0 Å². The van der Waals surface area contributed by atoms with Gasteiger partial charge in [-0.25, -0.2) is 0 Å². The third-order valence-corrected chi connectivity index (χ3v) is 4.71. The lowest BCUT2D eigenvalue weighted by Gasteiger charge is -2.28. The van der Waals surface area contributed by atoms with Gasteiger partial charge in [0.1, 0.15) is 6.04 Å². The second kappa shape index (κ2) is 8.65. The molecule has 2 aliphatic rings. The van der Waals surface area contributed by atoms with Gasteiger partial charge in [-0.15, -0.1) is 12.4 Å². The lowest BCUT2D eigenvalue weighted by molar-refractivity contribution is -0.126. The molecule has 1 N–H and O–H groups in total. The van der Waals surface area contributed by atoms with Gasteiger partial charge in [0, 0.05) is 44.4 Å². The first-order valence-corrected chi connectivity index (χ1v) is 8.61. The number of morpholine rings is 1. The van der Waals surface area contributed by atoms with Gasteiger partial charge in [-0.05, 0) is 18.1 Å². The monoisotopic (exact) mass is 367 g/mol. The fourth-order valence-corrected chi connectivity index (χ4v) is 3.35. The van der Waals surface area contributed by atoms with Gasteiger partial charge in [-0.1, -0.05) is 19.1 Å². The number of carbonyl (C=O) groups is 2. The lowest BCUT2D eigenvalue weighted by atomic mass is 10.0. The molecule has 0 saturated carbocycles. The van der Waals surface area contributed by atoms with Crippen molar-refractivity contribution in [2.24, 2.45) is 0 Å². The van der Waals surface area contributed by atoms with Crippen molar-refractivity contribution in [3.05, 3.63) is 29.3 Å². The van der Waals surface area contributed by atoms with Gasteiger partial charge in [0.25, 0.3) is 5.91 Å². The molecule has 7 heteroatoms. The van der Waals surface area contributed by atoms with Crippen LogP contribution in [0, 0.1) is 0 Å². The zero-order valence-corrected chi connectivity index (χ0v) is 15.6. The summed E-state index contributed by atoms with van der Waals surface area (Å²) in [5, 5.41) is 2.80. The van der Waals surface area contributed by atoms with Gasteiger partial charge in [0.15, 0.2) is 0 Å². The van der Waals surface area contributed by atoms with E-state index in [0.29, 0.717) is 6.54 Å². The van der Waals surface area contributed by atoms with E-state index in [0.717, 1.165) is 50.5 Å². The molecule has 1 unspecified atom stereocenters. The Morgan fingerprint density at radius 2 is 2.00 bits per heavy atom. The van der Waals surface area contributed by atoms with Gasteiger partial charge in [-0.2, -0.15) is 0 Å². The summed E-state index contributed by atoms with van der Waals surface area (Å²) in [4.78, 5) is 28.5. The summed E-state index contributed by atoms with van der Waals surface area (Å²) in [5.41, 5.74) is 3.01. The van der Waals surface area contributed by atoms with E-state index in [1.807, 2.05) is 17.0 Å². The molecule has 0 radical (unpaired) electrons. The van der Waals surface area contributed by atoms with Crippen LogP contribution in [0.1, 0.15) is 31.0 Å². The Labute approximate surface area is 154 Å². The van der Waals surface area contributed by atoms with E-state index in [1.54, 1.807) is 0 Å². The number of ether oxygens (including phenoxy) is 1. The molecule has 1 aromatic carbocycles. The van der Waals surface area contributed by atoms with Crippen molar-refractivity contribution in [1.82, 2.24) is 10.2 Å². The van der Waals surface area contributed by atoms with Crippen molar-refractivity contribution in [1.29, 1.82) is 0 Å². The predicted octanol–water partition coefficient (Wildman–Crippen LogP) is 1.53. The molecule has 1 atom stereocenters. The third kappa shape index (κ3) is 4.32. The maximum Gasteiger partial charge on any atom is 0.254 e. The Balaban J connectivity index is 0.00000225. The normalized spacial score (nSPS) is 20.2. The zero-order chi connectivity index (χ0) is 17.1. The molecule has 3 rings (SSSR count). The molecular weight excluding hydrogens is 342 g/mol. The van der Waals surface area contributed by atoms with Gasteiger partial charge < -0.3 is 15.0 Å². The van der Waals surface area contributed by atoms with Crippen molar-refractivity contribution in [3.63, 3.8) is 0 Å². The molecule has 2 aliphatic heterocycles. The fraction of sp³-hybridized carbons (Fsp3) is 0.556. The van der Waals surface area contributed by atoms with E-state index < -0.39 is 6.04 Å². The second-order valence-electron chi connectivity index (χ2n) is 6.32. The summed E-state index contributed by atoms with van der Waals surface area (Å²) < 4.78 is 5.37. The summed E-state index contributed by atoms with van der Waals surface area (Å²) in [6.07, 6.45) is 0.905. The summed E-state index contributed by atoms with van der Waals surface area (Å²) in [6, 6.07) is 5.55. The summed E-state index contributed by atoms with van der Waals surface area (Å²) in [5.74, 6) is -0.224. The zero-order valence-electron chi connectivity index (χ0n) is 14.8. The molecule has 0 aliphatic carbocycles. The van der Waals surface area contributed by atoms with Crippen LogP contribution in [0.25, 0.3) is 0 Å². The van der Waals surface area contributed by atoms with E-state index in [4.69, 9.17) is 4.74 Å². The quantitative estimate of drug-likeness (QED) is 0.857.